The quantitative estimate of drug-likeness (QED) is 0.600. The van der Waals surface area contributed by atoms with Gasteiger partial charge in [0.1, 0.15) is 5.82 Å². The number of hydrogen-bond acceptors (Lipinski definition) is 3. The van der Waals surface area contributed by atoms with Gasteiger partial charge in [0, 0.05) is 11.2 Å². The molecule has 2 aromatic carbocycles. The number of benzene rings is 2. The molecule has 0 aliphatic rings. The molecule has 0 spiro atoms. The fraction of sp³-hybridized carbons (Fsp3) is 0.250. The van der Waals surface area contributed by atoms with Gasteiger partial charge < -0.3 is 0 Å². The van der Waals surface area contributed by atoms with E-state index in [4.69, 9.17) is 11.6 Å². The first-order chi connectivity index (χ1) is 13.2. The lowest BCUT2D eigenvalue weighted by Crippen LogP contribution is -2.12. The number of hydrogen-bond donors (Lipinski definition) is 1. The minimum Gasteiger partial charge on any atom is -0.276 e. The van der Waals surface area contributed by atoms with Crippen LogP contribution >= 0.6 is 11.6 Å². The summed E-state index contributed by atoms with van der Waals surface area (Å²) in [7, 11) is -3.71. The second-order valence-electron chi connectivity index (χ2n) is 7.01. The van der Waals surface area contributed by atoms with E-state index in [1.807, 2.05) is 12.1 Å². The predicted molar refractivity (Wildman–Crippen MR) is 109 cm³/mol. The molecule has 0 radical (unpaired) electrons. The van der Waals surface area contributed by atoms with Gasteiger partial charge in [-0.2, -0.15) is 5.10 Å². The topological polar surface area (TPSA) is 64.0 Å². The molecule has 1 N–H and O–H groups in total. The molecular formula is C20H21ClFN3O2S. The SMILES string of the molecule is CC(C)Cc1ccc(S(=O)(=O)Nc2cnn(Cc3ccc(F)cc3Cl)c2)cc1. The molecule has 3 aromatic rings. The van der Waals surface area contributed by atoms with E-state index in [0.29, 0.717) is 28.7 Å². The van der Waals surface area contributed by atoms with E-state index in [2.05, 4.69) is 23.7 Å². The average Bonchev–Trinajstić information content (AvgIpc) is 3.03. The zero-order chi connectivity index (χ0) is 20.3. The molecule has 0 aliphatic heterocycles. The number of rotatable bonds is 7. The Hall–Kier alpha value is -2.38. The first-order valence-corrected chi connectivity index (χ1v) is 10.7. The number of anilines is 1. The molecule has 3 rings (SSSR count). The van der Waals surface area contributed by atoms with E-state index in [0.717, 1.165) is 12.0 Å². The van der Waals surface area contributed by atoms with Crippen molar-refractivity contribution in [1.82, 2.24) is 9.78 Å². The minimum absolute atomic E-state index is 0.189. The van der Waals surface area contributed by atoms with Crippen molar-refractivity contribution in [2.24, 2.45) is 5.92 Å². The van der Waals surface area contributed by atoms with Crippen molar-refractivity contribution in [3.63, 3.8) is 0 Å². The summed E-state index contributed by atoms with van der Waals surface area (Å²) in [6.45, 7) is 4.52. The summed E-state index contributed by atoms with van der Waals surface area (Å²) in [5.41, 5.74) is 2.11. The third-order valence-corrected chi connectivity index (χ3v) is 5.86. The highest BCUT2D eigenvalue weighted by Gasteiger charge is 2.15. The summed E-state index contributed by atoms with van der Waals surface area (Å²) in [4.78, 5) is 0.189. The maximum atomic E-state index is 13.1. The molecular weight excluding hydrogens is 401 g/mol. The van der Waals surface area contributed by atoms with Crippen molar-refractivity contribution in [1.29, 1.82) is 0 Å². The summed E-state index contributed by atoms with van der Waals surface area (Å²) >= 11 is 6.02. The Morgan fingerprint density at radius 1 is 1.18 bits per heavy atom. The smallest absolute Gasteiger partial charge is 0.261 e. The first kappa shape index (κ1) is 20.4. The summed E-state index contributed by atoms with van der Waals surface area (Å²) in [6, 6.07) is 11.0. The first-order valence-electron chi connectivity index (χ1n) is 8.81. The summed E-state index contributed by atoms with van der Waals surface area (Å²) in [6.07, 6.45) is 3.87. The van der Waals surface area contributed by atoms with Crippen LogP contribution in [-0.2, 0) is 23.0 Å². The van der Waals surface area contributed by atoms with Gasteiger partial charge in [0.15, 0.2) is 0 Å². The van der Waals surface area contributed by atoms with Crippen molar-refractivity contribution in [3.05, 3.63) is 76.8 Å². The van der Waals surface area contributed by atoms with Crippen LogP contribution in [0, 0.1) is 11.7 Å². The molecule has 8 heteroatoms. The monoisotopic (exact) mass is 421 g/mol. The van der Waals surface area contributed by atoms with E-state index in [1.165, 1.54) is 23.0 Å². The van der Waals surface area contributed by atoms with Crippen molar-refractivity contribution < 1.29 is 12.8 Å². The van der Waals surface area contributed by atoms with Gasteiger partial charge in [0.25, 0.3) is 10.0 Å². The van der Waals surface area contributed by atoms with Crippen molar-refractivity contribution in [2.75, 3.05) is 4.72 Å². The van der Waals surface area contributed by atoms with Gasteiger partial charge in [-0.3, -0.25) is 9.40 Å². The zero-order valence-electron chi connectivity index (χ0n) is 15.6. The van der Waals surface area contributed by atoms with Crippen LogP contribution in [-0.4, -0.2) is 18.2 Å². The van der Waals surface area contributed by atoms with Crippen molar-refractivity contribution in [3.8, 4) is 0 Å². The molecule has 0 amide bonds. The molecule has 1 aromatic heterocycles. The molecule has 0 fully saturated rings. The minimum atomic E-state index is -3.71. The second kappa shape index (κ2) is 8.32. The molecule has 0 unspecified atom stereocenters. The molecule has 1 heterocycles. The average molecular weight is 422 g/mol. The number of sulfonamides is 1. The standard InChI is InChI=1S/C20H21ClFN3O2S/c1-14(2)9-15-3-7-19(8-4-15)28(26,27)24-18-11-23-25(13-18)12-16-5-6-17(22)10-20(16)21/h3-8,10-11,13-14,24H,9,12H2,1-2H3. The highest BCUT2D eigenvalue weighted by Crippen LogP contribution is 2.20. The molecule has 0 aliphatic carbocycles. The van der Waals surface area contributed by atoms with Gasteiger partial charge in [0.05, 0.1) is 23.3 Å². The Balaban J connectivity index is 1.71. The van der Waals surface area contributed by atoms with Gasteiger partial charge in [-0.25, -0.2) is 12.8 Å². The third kappa shape index (κ3) is 5.11. The number of halogens is 2. The molecule has 0 atom stereocenters. The van der Waals surface area contributed by atoms with Gasteiger partial charge in [-0.15, -0.1) is 0 Å². The second-order valence-corrected chi connectivity index (χ2v) is 9.10. The lowest BCUT2D eigenvalue weighted by molar-refractivity contribution is 0.601. The molecule has 0 saturated heterocycles. The maximum absolute atomic E-state index is 13.1. The van der Waals surface area contributed by atoms with E-state index >= 15 is 0 Å². The number of nitrogens with zero attached hydrogens (tertiary/aromatic N) is 2. The summed E-state index contributed by atoms with van der Waals surface area (Å²) in [5, 5.41) is 4.43. The predicted octanol–water partition coefficient (Wildman–Crippen LogP) is 4.72. The fourth-order valence-electron chi connectivity index (χ4n) is 2.82. The van der Waals surface area contributed by atoms with Gasteiger partial charge >= 0.3 is 0 Å². The maximum Gasteiger partial charge on any atom is 0.261 e. The lowest BCUT2D eigenvalue weighted by atomic mass is 10.0. The Kier molecular flexibility index (Phi) is 6.05. The van der Waals surface area contributed by atoms with Crippen molar-refractivity contribution in [2.45, 2.75) is 31.7 Å². The summed E-state index contributed by atoms with van der Waals surface area (Å²) in [5.74, 6) is 0.0862. The highest BCUT2D eigenvalue weighted by molar-refractivity contribution is 7.92. The van der Waals surface area contributed by atoms with Crippen molar-refractivity contribution >= 4 is 27.3 Å². The van der Waals surface area contributed by atoms with Crippen LogP contribution in [0.15, 0.2) is 59.8 Å². The van der Waals surface area contributed by atoms with E-state index in [-0.39, 0.29) is 4.90 Å². The largest absolute Gasteiger partial charge is 0.276 e. The van der Waals surface area contributed by atoms with Crippen LogP contribution in [0.2, 0.25) is 5.02 Å². The molecule has 0 saturated carbocycles. The van der Waals surface area contributed by atoms with Crippen LogP contribution in [0.4, 0.5) is 10.1 Å². The van der Waals surface area contributed by atoms with Crippen LogP contribution in [0.1, 0.15) is 25.0 Å². The highest BCUT2D eigenvalue weighted by atomic mass is 35.5. The fourth-order valence-corrected chi connectivity index (χ4v) is 4.07. The summed E-state index contributed by atoms with van der Waals surface area (Å²) < 4.78 is 42.4. The van der Waals surface area contributed by atoms with E-state index in [9.17, 15) is 12.8 Å². The third-order valence-electron chi connectivity index (χ3n) is 4.11. The van der Waals surface area contributed by atoms with Crippen LogP contribution in [0.5, 0.6) is 0 Å². The Bertz CT molecular complexity index is 1060. The van der Waals surface area contributed by atoms with E-state index in [1.54, 1.807) is 24.4 Å². The van der Waals surface area contributed by atoms with Gasteiger partial charge in [-0.05, 0) is 47.7 Å². The lowest BCUT2D eigenvalue weighted by Gasteiger charge is -2.08. The molecule has 148 valence electrons. The molecule has 28 heavy (non-hydrogen) atoms. The molecule has 5 nitrogen and oxygen atoms in total. The number of aromatic nitrogens is 2. The van der Waals surface area contributed by atoms with E-state index < -0.39 is 15.8 Å². The van der Waals surface area contributed by atoms with Crippen LogP contribution in [0.3, 0.4) is 0 Å². The Morgan fingerprint density at radius 2 is 1.89 bits per heavy atom. The molecule has 0 bridgehead atoms. The zero-order valence-corrected chi connectivity index (χ0v) is 17.1. The van der Waals surface area contributed by atoms with Gasteiger partial charge in [0.2, 0.25) is 0 Å². The normalized spacial score (nSPS) is 11.8. The Morgan fingerprint density at radius 3 is 2.54 bits per heavy atom. The van der Waals surface area contributed by atoms with Crippen LogP contribution in [0.25, 0.3) is 0 Å². The van der Waals surface area contributed by atoms with Gasteiger partial charge in [-0.1, -0.05) is 43.6 Å². The number of nitrogens with one attached hydrogen (secondary N) is 1. The Labute approximate surface area is 169 Å². The van der Waals surface area contributed by atoms with Crippen LogP contribution < -0.4 is 4.72 Å².